The molecule has 0 bridgehead atoms. The average molecular weight is 414 g/mol. The van der Waals surface area contributed by atoms with Gasteiger partial charge >= 0.3 is 0 Å². The SMILES string of the molecule is CN1CCN=C1NCc1cc(F)ccc1Br.I. The van der Waals surface area contributed by atoms with Crippen LogP contribution in [0, 0.1) is 5.82 Å². The second kappa shape index (κ2) is 6.53. The Bertz CT molecular complexity index is 425. The first-order valence-corrected chi connectivity index (χ1v) is 5.89. The standard InChI is InChI=1S/C11H13BrFN3.HI/c1-16-5-4-14-11(16)15-7-8-6-9(13)2-3-10(8)12;/h2-3,6H,4-5,7H2,1H3,(H,14,15);1H. The minimum atomic E-state index is -0.221. The largest absolute Gasteiger partial charge is 0.352 e. The molecule has 2 rings (SSSR count). The lowest BCUT2D eigenvalue weighted by Crippen LogP contribution is -2.35. The normalized spacial score (nSPS) is 14.3. The smallest absolute Gasteiger partial charge is 0.194 e. The lowest BCUT2D eigenvalue weighted by Gasteiger charge is -2.15. The first-order chi connectivity index (χ1) is 7.66. The molecule has 0 aliphatic carbocycles. The fourth-order valence-electron chi connectivity index (χ4n) is 1.58. The maximum absolute atomic E-state index is 13.0. The Labute approximate surface area is 126 Å². The summed E-state index contributed by atoms with van der Waals surface area (Å²) in [6.07, 6.45) is 0. The van der Waals surface area contributed by atoms with Crippen LogP contribution in [-0.4, -0.2) is 31.0 Å². The monoisotopic (exact) mass is 413 g/mol. The molecule has 0 aromatic heterocycles. The van der Waals surface area contributed by atoms with Gasteiger partial charge in [-0.25, -0.2) is 4.39 Å². The van der Waals surface area contributed by atoms with Crippen LogP contribution in [0.25, 0.3) is 0 Å². The molecule has 17 heavy (non-hydrogen) atoms. The van der Waals surface area contributed by atoms with Crippen molar-refractivity contribution in [2.24, 2.45) is 4.99 Å². The maximum atomic E-state index is 13.0. The van der Waals surface area contributed by atoms with Crippen LogP contribution in [0.2, 0.25) is 0 Å². The van der Waals surface area contributed by atoms with Gasteiger partial charge < -0.3 is 10.2 Å². The summed E-state index contributed by atoms with van der Waals surface area (Å²) in [6.45, 7) is 2.33. The van der Waals surface area contributed by atoms with Crippen molar-refractivity contribution in [2.45, 2.75) is 6.54 Å². The van der Waals surface area contributed by atoms with Gasteiger partial charge in [-0.15, -0.1) is 24.0 Å². The minimum Gasteiger partial charge on any atom is -0.352 e. The number of rotatable bonds is 2. The third-order valence-electron chi connectivity index (χ3n) is 2.50. The van der Waals surface area contributed by atoms with E-state index >= 15 is 0 Å². The molecule has 0 saturated heterocycles. The van der Waals surface area contributed by atoms with Crippen molar-refractivity contribution in [3.63, 3.8) is 0 Å². The summed E-state index contributed by atoms with van der Waals surface area (Å²) in [7, 11) is 1.99. The van der Waals surface area contributed by atoms with E-state index in [1.807, 2.05) is 11.9 Å². The van der Waals surface area contributed by atoms with Crippen LogP contribution in [-0.2, 0) is 6.54 Å². The molecule has 3 nitrogen and oxygen atoms in total. The molecule has 1 aromatic carbocycles. The van der Waals surface area contributed by atoms with Gasteiger partial charge in [-0.3, -0.25) is 4.99 Å². The molecule has 0 atom stereocenters. The topological polar surface area (TPSA) is 27.6 Å². The zero-order valence-electron chi connectivity index (χ0n) is 9.41. The van der Waals surface area contributed by atoms with E-state index in [-0.39, 0.29) is 29.8 Å². The molecule has 0 saturated carbocycles. The van der Waals surface area contributed by atoms with E-state index in [1.165, 1.54) is 12.1 Å². The summed E-state index contributed by atoms with van der Waals surface area (Å²) < 4.78 is 13.9. The third-order valence-corrected chi connectivity index (χ3v) is 3.28. The van der Waals surface area contributed by atoms with Crippen molar-refractivity contribution >= 4 is 45.9 Å². The highest BCUT2D eigenvalue weighted by Gasteiger charge is 2.12. The molecule has 0 unspecified atom stereocenters. The van der Waals surface area contributed by atoms with E-state index < -0.39 is 0 Å². The van der Waals surface area contributed by atoms with Crippen molar-refractivity contribution in [2.75, 3.05) is 20.1 Å². The molecule has 94 valence electrons. The molecule has 0 amide bonds. The Morgan fingerprint density at radius 3 is 2.94 bits per heavy atom. The number of halogens is 3. The van der Waals surface area contributed by atoms with Crippen LogP contribution >= 0.6 is 39.9 Å². The predicted molar refractivity (Wildman–Crippen MR) is 81.3 cm³/mol. The van der Waals surface area contributed by atoms with Crippen LogP contribution in [0.15, 0.2) is 27.7 Å². The van der Waals surface area contributed by atoms with E-state index in [0.29, 0.717) is 6.54 Å². The summed E-state index contributed by atoms with van der Waals surface area (Å²) >= 11 is 3.39. The molecule has 1 heterocycles. The van der Waals surface area contributed by atoms with Gasteiger partial charge in [-0.2, -0.15) is 0 Å². The number of likely N-dealkylation sites (N-methyl/N-ethyl adjacent to an activating group) is 1. The van der Waals surface area contributed by atoms with Gasteiger partial charge in [0.05, 0.1) is 6.54 Å². The summed E-state index contributed by atoms with van der Waals surface area (Å²) in [5.74, 6) is 0.651. The van der Waals surface area contributed by atoms with Gasteiger partial charge in [-0.05, 0) is 23.8 Å². The number of hydrogen-bond acceptors (Lipinski definition) is 3. The van der Waals surface area contributed by atoms with Gasteiger partial charge in [0.1, 0.15) is 5.82 Å². The lowest BCUT2D eigenvalue weighted by atomic mass is 10.2. The molecule has 1 aliphatic rings. The van der Waals surface area contributed by atoms with Gasteiger partial charge in [0.2, 0.25) is 0 Å². The van der Waals surface area contributed by atoms with Crippen molar-refractivity contribution in [3.8, 4) is 0 Å². The van der Waals surface area contributed by atoms with Crippen LogP contribution in [0.1, 0.15) is 5.56 Å². The van der Waals surface area contributed by atoms with Crippen LogP contribution < -0.4 is 5.32 Å². The Hall–Kier alpha value is -0.370. The van der Waals surface area contributed by atoms with E-state index in [9.17, 15) is 4.39 Å². The van der Waals surface area contributed by atoms with E-state index in [1.54, 1.807) is 6.07 Å². The Morgan fingerprint density at radius 2 is 2.29 bits per heavy atom. The number of guanidine groups is 1. The molecule has 1 aromatic rings. The molecule has 6 heteroatoms. The zero-order valence-corrected chi connectivity index (χ0v) is 13.3. The molecular weight excluding hydrogens is 400 g/mol. The quantitative estimate of drug-likeness (QED) is 0.754. The highest BCUT2D eigenvalue weighted by Crippen LogP contribution is 2.17. The summed E-state index contributed by atoms with van der Waals surface area (Å²) in [5, 5.41) is 3.19. The van der Waals surface area contributed by atoms with Gasteiger partial charge in [0.25, 0.3) is 0 Å². The van der Waals surface area contributed by atoms with E-state index in [0.717, 1.165) is 29.1 Å². The van der Waals surface area contributed by atoms with Crippen LogP contribution in [0.3, 0.4) is 0 Å². The Kier molecular flexibility index (Phi) is 5.64. The van der Waals surface area contributed by atoms with Crippen molar-refractivity contribution in [1.29, 1.82) is 0 Å². The molecule has 0 radical (unpaired) electrons. The molecule has 1 N–H and O–H groups in total. The van der Waals surface area contributed by atoms with Gasteiger partial charge in [0.15, 0.2) is 5.96 Å². The number of nitrogens with zero attached hydrogens (tertiary/aromatic N) is 2. The number of benzene rings is 1. The van der Waals surface area contributed by atoms with Crippen LogP contribution in [0.5, 0.6) is 0 Å². The van der Waals surface area contributed by atoms with E-state index in [2.05, 4.69) is 26.2 Å². The fourth-order valence-corrected chi connectivity index (χ4v) is 1.96. The number of nitrogens with one attached hydrogen (secondary N) is 1. The first kappa shape index (κ1) is 14.7. The second-order valence-electron chi connectivity index (χ2n) is 3.72. The first-order valence-electron chi connectivity index (χ1n) is 5.10. The lowest BCUT2D eigenvalue weighted by molar-refractivity contribution is 0.533. The van der Waals surface area contributed by atoms with Crippen molar-refractivity contribution < 1.29 is 4.39 Å². The number of hydrogen-bond donors (Lipinski definition) is 1. The third kappa shape index (κ3) is 3.80. The predicted octanol–water partition coefficient (Wildman–Crippen LogP) is 2.60. The zero-order chi connectivity index (χ0) is 11.5. The summed E-state index contributed by atoms with van der Waals surface area (Å²) in [6, 6.07) is 4.67. The number of aliphatic imine (C=N–C) groups is 1. The van der Waals surface area contributed by atoms with E-state index in [4.69, 9.17) is 0 Å². The molecule has 1 aliphatic heterocycles. The summed E-state index contributed by atoms with van der Waals surface area (Å²) in [4.78, 5) is 6.36. The Balaban J connectivity index is 0.00000144. The average Bonchev–Trinajstić information content (AvgIpc) is 2.66. The van der Waals surface area contributed by atoms with Crippen LogP contribution in [0.4, 0.5) is 4.39 Å². The Morgan fingerprint density at radius 1 is 1.53 bits per heavy atom. The second-order valence-corrected chi connectivity index (χ2v) is 4.57. The molecular formula is C11H14BrFIN3. The van der Waals surface area contributed by atoms with Gasteiger partial charge in [-0.1, -0.05) is 15.9 Å². The molecule has 0 fully saturated rings. The maximum Gasteiger partial charge on any atom is 0.194 e. The highest BCUT2D eigenvalue weighted by molar-refractivity contribution is 14.0. The summed E-state index contributed by atoms with van der Waals surface area (Å²) in [5.41, 5.74) is 0.892. The van der Waals surface area contributed by atoms with Crippen molar-refractivity contribution in [3.05, 3.63) is 34.1 Å². The molecule has 0 spiro atoms. The van der Waals surface area contributed by atoms with Gasteiger partial charge in [0, 0.05) is 24.6 Å². The van der Waals surface area contributed by atoms with Crippen molar-refractivity contribution in [1.82, 2.24) is 10.2 Å². The minimum absolute atomic E-state index is 0. The highest BCUT2D eigenvalue weighted by atomic mass is 127. The fraction of sp³-hybridized carbons (Fsp3) is 0.364.